The van der Waals surface area contributed by atoms with E-state index in [0.717, 1.165) is 17.4 Å². The van der Waals surface area contributed by atoms with Crippen LogP contribution in [0.5, 0.6) is 0 Å². The van der Waals surface area contributed by atoms with Gasteiger partial charge in [0.2, 0.25) is 0 Å². The maximum absolute atomic E-state index is 10.9. The smallest absolute Gasteiger partial charge is 0.305 e. The number of rotatable bonds is 5. The molecule has 0 aromatic heterocycles. The van der Waals surface area contributed by atoms with E-state index in [0.29, 0.717) is 13.0 Å². The van der Waals surface area contributed by atoms with Crippen molar-refractivity contribution in [2.45, 2.75) is 19.8 Å². The van der Waals surface area contributed by atoms with Gasteiger partial charge in [-0.25, -0.2) is 0 Å². The van der Waals surface area contributed by atoms with E-state index in [1.165, 1.54) is 0 Å². The van der Waals surface area contributed by atoms with Crippen LogP contribution < -0.4 is 17.0 Å². The number of esters is 1. The first-order valence-electron chi connectivity index (χ1n) is 4.42. The van der Waals surface area contributed by atoms with Crippen LogP contribution >= 0.6 is 0 Å². The van der Waals surface area contributed by atoms with Crippen molar-refractivity contribution in [3.63, 3.8) is 0 Å². The zero-order valence-electron chi connectivity index (χ0n) is 8.97. The predicted octanol–water partition coefficient (Wildman–Crippen LogP) is -1.96. The van der Waals surface area contributed by atoms with E-state index < -0.39 is 0 Å². The van der Waals surface area contributed by atoms with Crippen LogP contribution in [0, 0.1) is 0 Å². The SMILES string of the molecule is CCCC(=O)OCC[N+](C)(C)C.[Br-]. The molecule has 0 aliphatic rings. The van der Waals surface area contributed by atoms with Crippen LogP contribution in [0.15, 0.2) is 0 Å². The lowest BCUT2D eigenvalue weighted by atomic mass is 10.3. The fourth-order valence-corrected chi connectivity index (χ4v) is 0.710. The molecule has 4 heteroatoms. The fraction of sp³-hybridized carbons (Fsp3) is 0.889. The number of likely N-dealkylation sites (N-methyl/N-ethyl adjacent to an activating group) is 1. The summed E-state index contributed by atoms with van der Waals surface area (Å²) in [5, 5.41) is 0. The molecule has 0 fully saturated rings. The molecular formula is C9H20BrNO2. The summed E-state index contributed by atoms with van der Waals surface area (Å²) in [4.78, 5) is 10.9. The number of hydrogen-bond acceptors (Lipinski definition) is 2. The Morgan fingerprint density at radius 2 is 1.85 bits per heavy atom. The van der Waals surface area contributed by atoms with Gasteiger partial charge in [-0.2, -0.15) is 0 Å². The minimum atomic E-state index is -0.0778. The van der Waals surface area contributed by atoms with Crippen LogP contribution in [0.25, 0.3) is 0 Å². The zero-order valence-corrected chi connectivity index (χ0v) is 10.6. The molecule has 0 N–H and O–H groups in total. The quantitative estimate of drug-likeness (QED) is 0.421. The third-order valence-electron chi connectivity index (χ3n) is 1.48. The van der Waals surface area contributed by atoms with Crippen LogP contribution in [0.3, 0.4) is 0 Å². The molecule has 0 radical (unpaired) electrons. The zero-order chi connectivity index (χ0) is 9.61. The molecule has 0 saturated heterocycles. The second kappa shape index (κ2) is 7.33. The monoisotopic (exact) mass is 253 g/mol. The summed E-state index contributed by atoms with van der Waals surface area (Å²) in [6.07, 6.45) is 1.40. The summed E-state index contributed by atoms with van der Waals surface area (Å²) in [5.41, 5.74) is 0. The summed E-state index contributed by atoms with van der Waals surface area (Å²) in [6.45, 7) is 3.37. The summed E-state index contributed by atoms with van der Waals surface area (Å²) >= 11 is 0. The van der Waals surface area contributed by atoms with Gasteiger partial charge in [0.25, 0.3) is 0 Å². The highest BCUT2D eigenvalue weighted by Gasteiger charge is 2.08. The minimum absolute atomic E-state index is 0. The first-order valence-corrected chi connectivity index (χ1v) is 4.42. The predicted molar refractivity (Wildman–Crippen MR) is 48.8 cm³/mol. The molecule has 0 unspecified atom stereocenters. The number of carbonyl (C=O) groups excluding carboxylic acids is 1. The highest BCUT2D eigenvalue weighted by molar-refractivity contribution is 5.69. The lowest BCUT2D eigenvalue weighted by Crippen LogP contribution is -3.00. The minimum Gasteiger partial charge on any atom is -1.00 e. The molecule has 0 saturated carbocycles. The van der Waals surface area contributed by atoms with Crippen molar-refractivity contribution in [2.75, 3.05) is 34.3 Å². The second-order valence-electron chi connectivity index (χ2n) is 3.98. The largest absolute Gasteiger partial charge is 1.00 e. The Balaban J connectivity index is 0. The lowest BCUT2D eigenvalue weighted by molar-refractivity contribution is -0.870. The van der Waals surface area contributed by atoms with E-state index in [2.05, 4.69) is 21.1 Å². The van der Waals surface area contributed by atoms with Crippen molar-refractivity contribution < 1.29 is 31.0 Å². The van der Waals surface area contributed by atoms with E-state index in [-0.39, 0.29) is 23.0 Å². The summed E-state index contributed by atoms with van der Waals surface area (Å²) in [6, 6.07) is 0. The Morgan fingerprint density at radius 3 is 2.23 bits per heavy atom. The molecule has 0 aliphatic heterocycles. The van der Waals surface area contributed by atoms with Crippen LogP contribution in [0.4, 0.5) is 0 Å². The van der Waals surface area contributed by atoms with Gasteiger partial charge < -0.3 is 26.2 Å². The molecule has 0 rings (SSSR count). The van der Waals surface area contributed by atoms with Gasteiger partial charge in [0, 0.05) is 6.42 Å². The average molecular weight is 254 g/mol. The highest BCUT2D eigenvalue weighted by Crippen LogP contribution is 1.93. The number of nitrogens with zero attached hydrogens (tertiary/aromatic N) is 1. The van der Waals surface area contributed by atoms with Crippen molar-refractivity contribution in [2.24, 2.45) is 0 Å². The first kappa shape index (κ1) is 15.4. The van der Waals surface area contributed by atoms with E-state index in [9.17, 15) is 4.79 Å². The fourth-order valence-electron chi connectivity index (χ4n) is 0.710. The molecule has 80 valence electrons. The Bertz CT molecular complexity index is 143. The molecule has 3 nitrogen and oxygen atoms in total. The standard InChI is InChI=1S/C9H20NO2.BrH/c1-5-6-9(11)12-8-7-10(2,3)4;/h5-8H2,1-4H3;1H/q+1;/p-1. The summed E-state index contributed by atoms with van der Waals surface area (Å²) in [5.74, 6) is -0.0778. The molecule has 0 aromatic rings. The topological polar surface area (TPSA) is 26.3 Å². The van der Waals surface area contributed by atoms with E-state index in [4.69, 9.17) is 4.74 Å². The van der Waals surface area contributed by atoms with E-state index >= 15 is 0 Å². The average Bonchev–Trinajstić information content (AvgIpc) is 1.84. The van der Waals surface area contributed by atoms with E-state index in [1.54, 1.807) is 0 Å². The van der Waals surface area contributed by atoms with Crippen LogP contribution in [0.1, 0.15) is 19.8 Å². The van der Waals surface area contributed by atoms with Crippen molar-refractivity contribution in [3.05, 3.63) is 0 Å². The Kier molecular flexibility index (Phi) is 8.67. The van der Waals surface area contributed by atoms with Gasteiger partial charge in [-0.1, -0.05) is 6.92 Å². The number of ether oxygens (including phenoxy) is 1. The van der Waals surface area contributed by atoms with Crippen LogP contribution in [-0.4, -0.2) is 44.7 Å². The van der Waals surface area contributed by atoms with Gasteiger partial charge >= 0.3 is 5.97 Å². The number of quaternary nitrogens is 1. The van der Waals surface area contributed by atoms with Crippen molar-refractivity contribution >= 4 is 5.97 Å². The number of carbonyl (C=O) groups is 1. The van der Waals surface area contributed by atoms with Gasteiger partial charge in [0.15, 0.2) is 0 Å². The Labute approximate surface area is 91.4 Å². The molecular weight excluding hydrogens is 234 g/mol. The van der Waals surface area contributed by atoms with Gasteiger partial charge in [-0.3, -0.25) is 4.79 Å². The molecule has 0 aliphatic carbocycles. The van der Waals surface area contributed by atoms with E-state index in [1.807, 2.05) is 6.92 Å². The molecule has 0 atom stereocenters. The number of halogens is 1. The molecule has 0 aromatic carbocycles. The third-order valence-corrected chi connectivity index (χ3v) is 1.48. The van der Waals surface area contributed by atoms with Gasteiger partial charge in [0.1, 0.15) is 13.2 Å². The van der Waals surface area contributed by atoms with Crippen molar-refractivity contribution in [3.8, 4) is 0 Å². The molecule has 0 spiro atoms. The Hall–Kier alpha value is -0.0900. The highest BCUT2D eigenvalue weighted by atomic mass is 79.9. The molecule has 0 heterocycles. The molecule has 13 heavy (non-hydrogen) atoms. The van der Waals surface area contributed by atoms with Crippen molar-refractivity contribution in [1.82, 2.24) is 0 Å². The Morgan fingerprint density at radius 1 is 1.31 bits per heavy atom. The van der Waals surface area contributed by atoms with Gasteiger partial charge in [-0.15, -0.1) is 0 Å². The van der Waals surface area contributed by atoms with Crippen molar-refractivity contribution in [1.29, 1.82) is 0 Å². The van der Waals surface area contributed by atoms with Gasteiger partial charge in [-0.05, 0) is 6.42 Å². The third kappa shape index (κ3) is 11.9. The molecule has 0 bridgehead atoms. The van der Waals surface area contributed by atoms with Crippen LogP contribution in [-0.2, 0) is 9.53 Å². The summed E-state index contributed by atoms with van der Waals surface area (Å²) in [7, 11) is 6.23. The normalized spacial score (nSPS) is 10.5. The lowest BCUT2D eigenvalue weighted by Gasteiger charge is -2.23. The molecule has 0 amide bonds. The second-order valence-corrected chi connectivity index (χ2v) is 3.98. The summed E-state index contributed by atoms with van der Waals surface area (Å²) < 4.78 is 5.84. The number of hydrogen-bond donors (Lipinski definition) is 0. The maximum atomic E-state index is 10.9. The maximum Gasteiger partial charge on any atom is 0.305 e. The van der Waals surface area contributed by atoms with Gasteiger partial charge in [0.05, 0.1) is 21.1 Å². The van der Waals surface area contributed by atoms with Crippen LogP contribution in [0.2, 0.25) is 0 Å². The first-order chi connectivity index (χ1) is 5.45.